The molecule has 1 saturated carbocycles. The van der Waals surface area contributed by atoms with Crippen LogP contribution >= 0.6 is 0 Å². The van der Waals surface area contributed by atoms with Crippen molar-refractivity contribution in [3.05, 3.63) is 12.2 Å². The van der Waals surface area contributed by atoms with E-state index in [1.165, 1.54) is 12.8 Å². The molecule has 2 aliphatic rings. The van der Waals surface area contributed by atoms with Crippen molar-refractivity contribution in [2.24, 2.45) is 11.8 Å². The van der Waals surface area contributed by atoms with Crippen LogP contribution in [-0.4, -0.2) is 5.78 Å². The number of fused-ring (bicyclic) bond motifs is 1. The number of ketones is 1. The van der Waals surface area contributed by atoms with Gasteiger partial charge in [0.15, 0.2) is 0 Å². The van der Waals surface area contributed by atoms with Crippen molar-refractivity contribution in [1.29, 1.82) is 0 Å². The summed E-state index contributed by atoms with van der Waals surface area (Å²) in [5.41, 5.74) is 0. The molecule has 0 aromatic heterocycles. The summed E-state index contributed by atoms with van der Waals surface area (Å²) in [4.78, 5) is 11.3. The first-order chi connectivity index (χ1) is 5.38. The molecule has 0 unspecified atom stereocenters. The minimum atomic E-state index is 0.397. The van der Waals surface area contributed by atoms with E-state index in [0.29, 0.717) is 11.7 Å². The smallest absolute Gasteiger partial charge is 0.136 e. The van der Waals surface area contributed by atoms with Gasteiger partial charge in [-0.05, 0) is 31.6 Å². The number of allylic oxidation sites excluding steroid dienone is 2. The van der Waals surface area contributed by atoms with Gasteiger partial charge < -0.3 is 0 Å². The van der Waals surface area contributed by atoms with Gasteiger partial charge in [-0.25, -0.2) is 0 Å². The molecular weight excluding hydrogens is 136 g/mol. The zero-order valence-electron chi connectivity index (χ0n) is 6.75. The first kappa shape index (κ1) is 7.08. The Bertz CT molecular complexity index is 193. The highest BCUT2D eigenvalue weighted by molar-refractivity contribution is 5.83. The zero-order valence-corrected chi connectivity index (χ0v) is 6.75. The summed E-state index contributed by atoms with van der Waals surface area (Å²) in [6, 6.07) is 0. The first-order valence-electron chi connectivity index (χ1n) is 4.55. The first-order valence-corrected chi connectivity index (χ1v) is 4.55. The normalized spacial score (nSPS) is 36.9. The predicted octanol–water partition coefficient (Wildman–Crippen LogP) is 2.32. The molecule has 1 heteroatoms. The lowest BCUT2D eigenvalue weighted by atomic mass is 9.91. The number of hydrogen-bond donors (Lipinski definition) is 0. The summed E-state index contributed by atoms with van der Waals surface area (Å²) in [5, 5.41) is 0. The lowest BCUT2D eigenvalue weighted by Gasteiger charge is -2.12. The molecule has 0 aromatic rings. The molecule has 0 bridgehead atoms. The Morgan fingerprint density at radius 2 is 2.18 bits per heavy atom. The summed E-state index contributed by atoms with van der Waals surface area (Å²) >= 11 is 0. The van der Waals surface area contributed by atoms with E-state index in [2.05, 4.69) is 12.2 Å². The second-order valence-corrected chi connectivity index (χ2v) is 3.66. The summed E-state index contributed by atoms with van der Waals surface area (Å²) in [7, 11) is 0. The Morgan fingerprint density at radius 3 is 3.09 bits per heavy atom. The van der Waals surface area contributed by atoms with Gasteiger partial charge in [0.1, 0.15) is 5.78 Å². The van der Waals surface area contributed by atoms with E-state index in [0.717, 1.165) is 25.2 Å². The van der Waals surface area contributed by atoms with Crippen LogP contribution in [0, 0.1) is 11.8 Å². The molecule has 60 valence electrons. The van der Waals surface area contributed by atoms with Crippen molar-refractivity contribution in [3.63, 3.8) is 0 Å². The molecule has 0 amide bonds. The fourth-order valence-electron chi connectivity index (χ4n) is 2.32. The minimum absolute atomic E-state index is 0.397. The van der Waals surface area contributed by atoms with E-state index in [-0.39, 0.29) is 0 Å². The van der Waals surface area contributed by atoms with Crippen LogP contribution in [0.5, 0.6) is 0 Å². The Morgan fingerprint density at radius 1 is 1.27 bits per heavy atom. The van der Waals surface area contributed by atoms with Crippen LogP contribution in [0.2, 0.25) is 0 Å². The third-order valence-corrected chi connectivity index (χ3v) is 3.00. The van der Waals surface area contributed by atoms with E-state index in [9.17, 15) is 4.79 Å². The largest absolute Gasteiger partial charge is 0.299 e. The van der Waals surface area contributed by atoms with Gasteiger partial charge in [-0.2, -0.15) is 0 Å². The molecule has 0 aromatic carbocycles. The monoisotopic (exact) mass is 150 g/mol. The average Bonchev–Trinajstić information content (AvgIpc) is 2.25. The molecule has 0 saturated heterocycles. The minimum Gasteiger partial charge on any atom is -0.299 e. The van der Waals surface area contributed by atoms with Crippen LogP contribution in [-0.2, 0) is 4.79 Å². The van der Waals surface area contributed by atoms with Crippen LogP contribution in [0.1, 0.15) is 32.1 Å². The fraction of sp³-hybridized carbons (Fsp3) is 0.700. The molecule has 2 atom stereocenters. The second kappa shape index (κ2) is 2.80. The number of rotatable bonds is 0. The molecule has 0 radical (unpaired) electrons. The van der Waals surface area contributed by atoms with Gasteiger partial charge in [0, 0.05) is 12.3 Å². The van der Waals surface area contributed by atoms with Gasteiger partial charge >= 0.3 is 0 Å². The zero-order chi connectivity index (χ0) is 7.68. The molecule has 0 heterocycles. The van der Waals surface area contributed by atoms with Crippen LogP contribution < -0.4 is 0 Å². The molecule has 0 spiro atoms. The van der Waals surface area contributed by atoms with Crippen molar-refractivity contribution in [3.8, 4) is 0 Å². The molecule has 11 heavy (non-hydrogen) atoms. The van der Waals surface area contributed by atoms with E-state index < -0.39 is 0 Å². The van der Waals surface area contributed by atoms with Crippen molar-refractivity contribution >= 4 is 5.78 Å². The van der Waals surface area contributed by atoms with E-state index >= 15 is 0 Å². The highest BCUT2D eigenvalue weighted by Gasteiger charge is 2.33. The Labute approximate surface area is 67.5 Å². The maximum Gasteiger partial charge on any atom is 0.136 e. The van der Waals surface area contributed by atoms with Gasteiger partial charge in [-0.15, -0.1) is 0 Å². The third-order valence-electron chi connectivity index (χ3n) is 3.00. The van der Waals surface area contributed by atoms with Gasteiger partial charge in [0.25, 0.3) is 0 Å². The molecule has 1 fully saturated rings. The number of Topliss-reactive ketones (excluding diaryl/α,β-unsaturated/α-hetero) is 1. The van der Waals surface area contributed by atoms with Crippen molar-refractivity contribution in [2.45, 2.75) is 32.1 Å². The fourth-order valence-corrected chi connectivity index (χ4v) is 2.32. The van der Waals surface area contributed by atoms with Crippen molar-refractivity contribution < 1.29 is 4.79 Å². The topological polar surface area (TPSA) is 17.1 Å². The number of hydrogen-bond acceptors (Lipinski definition) is 1. The van der Waals surface area contributed by atoms with Crippen LogP contribution in [0.4, 0.5) is 0 Å². The SMILES string of the molecule is O=C1CC[C@H]2CCC=CC[C@H]12. The Kier molecular flexibility index (Phi) is 1.80. The van der Waals surface area contributed by atoms with Crippen molar-refractivity contribution in [1.82, 2.24) is 0 Å². The summed E-state index contributed by atoms with van der Waals surface area (Å²) in [6.45, 7) is 0. The quantitative estimate of drug-likeness (QED) is 0.484. The summed E-state index contributed by atoms with van der Waals surface area (Å²) in [5.74, 6) is 1.63. The van der Waals surface area contributed by atoms with E-state index in [1.807, 2.05) is 0 Å². The van der Waals surface area contributed by atoms with E-state index in [1.54, 1.807) is 0 Å². The van der Waals surface area contributed by atoms with E-state index in [4.69, 9.17) is 0 Å². The summed E-state index contributed by atoms with van der Waals surface area (Å²) in [6.07, 6.45) is 9.87. The highest BCUT2D eigenvalue weighted by Crippen LogP contribution is 2.36. The lowest BCUT2D eigenvalue weighted by molar-refractivity contribution is -0.121. The molecule has 2 aliphatic carbocycles. The predicted molar refractivity (Wildman–Crippen MR) is 44.2 cm³/mol. The average molecular weight is 150 g/mol. The Hall–Kier alpha value is -0.590. The van der Waals surface area contributed by atoms with Crippen LogP contribution in [0.3, 0.4) is 0 Å². The molecular formula is C10H14O. The molecule has 1 nitrogen and oxygen atoms in total. The van der Waals surface area contributed by atoms with Crippen LogP contribution in [0.25, 0.3) is 0 Å². The van der Waals surface area contributed by atoms with Gasteiger partial charge in [0.2, 0.25) is 0 Å². The molecule has 2 rings (SSSR count). The van der Waals surface area contributed by atoms with Gasteiger partial charge in [-0.3, -0.25) is 4.79 Å². The Balaban J connectivity index is 2.12. The van der Waals surface area contributed by atoms with Gasteiger partial charge in [-0.1, -0.05) is 12.2 Å². The lowest BCUT2D eigenvalue weighted by Crippen LogP contribution is -2.12. The maximum absolute atomic E-state index is 11.3. The number of carbonyl (C=O) groups excluding carboxylic acids is 1. The van der Waals surface area contributed by atoms with Crippen LogP contribution in [0.15, 0.2) is 12.2 Å². The summed E-state index contributed by atoms with van der Waals surface area (Å²) < 4.78 is 0. The standard InChI is InChI=1S/C10H14O/c11-10-7-6-8-4-2-1-3-5-9(8)10/h1,3,8-9H,2,4-7H2/t8-,9+/m1/s1. The highest BCUT2D eigenvalue weighted by atomic mass is 16.1. The molecule has 0 aliphatic heterocycles. The maximum atomic E-state index is 11.3. The van der Waals surface area contributed by atoms with Crippen molar-refractivity contribution in [2.75, 3.05) is 0 Å². The third kappa shape index (κ3) is 1.24. The molecule has 0 N–H and O–H groups in total. The second-order valence-electron chi connectivity index (χ2n) is 3.66. The number of carbonyl (C=O) groups is 1. The van der Waals surface area contributed by atoms with Gasteiger partial charge in [0.05, 0.1) is 0 Å².